The van der Waals surface area contributed by atoms with Gasteiger partial charge in [0.05, 0.1) is 5.69 Å². The van der Waals surface area contributed by atoms with Gasteiger partial charge in [-0.2, -0.15) is 0 Å². The van der Waals surface area contributed by atoms with Crippen LogP contribution in [0.4, 0.5) is 17.1 Å². The van der Waals surface area contributed by atoms with Crippen molar-refractivity contribution in [2.75, 3.05) is 4.90 Å². The zero-order valence-electron chi connectivity index (χ0n) is 33.9. The summed E-state index contributed by atoms with van der Waals surface area (Å²) in [5.74, 6) is 0.584. The molecule has 292 valence electrons. The zero-order valence-corrected chi connectivity index (χ0v) is 34.7. The summed E-state index contributed by atoms with van der Waals surface area (Å²) in [7, 11) is 0. The minimum absolute atomic E-state index is 0.584. The number of benzene rings is 9. The van der Waals surface area contributed by atoms with Crippen LogP contribution in [0.25, 0.3) is 86.3 Å². The van der Waals surface area contributed by atoms with Crippen molar-refractivity contribution in [3.8, 4) is 33.4 Å². The number of hydrogen-bond acceptors (Lipinski definition) is 3. The van der Waals surface area contributed by atoms with Crippen LogP contribution in [-0.2, 0) is 0 Å². The van der Waals surface area contributed by atoms with E-state index < -0.39 is 0 Å². The first-order valence-corrected chi connectivity index (χ1v) is 22.5. The molecule has 0 aliphatic heterocycles. The molecule has 2 aromatic heterocycles. The number of fused-ring (bicyclic) bond motifs is 7. The van der Waals surface area contributed by atoms with Crippen molar-refractivity contribution in [2.45, 2.75) is 38.0 Å². The molecule has 0 N–H and O–H groups in total. The largest absolute Gasteiger partial charge is 0.456 e. The first-order chi connectivity index (χ1) is 30.2. The molecule has 3 heteroatoms. The van der Waals surface area contributed by atoms with E-state index >= 15 is 0 Å². The van der Waals surface area contributed by atoms with E-state index in [0.29, 0.717) is 5.92 Å². The average Bonchev–Trinajstić information content (AvgIpc) is 3.90. The topological polar surface area (TPSA) is 16.4 Å². The Kier molecular flexibility index (Phi) is 8.82. The van der Waals surface area contributed by atoms with Crippen molar-refractivity contribution >= 4 is 81.3 Å². The molecule has 1 aliphatic rings. The molecule has 9 aromatic carbocycles. The van der Waals surface area contributed by atoms with Gasteiger partial charge in [-0.05, 0) is 124 Å². The van der Waals surface area contributed by atoms with E-state index in [0.717, 1.165) is 50.1 Å². The summed E-state index contributed by atoms with van der Waals surface area (Å²) in [5, 5.41) is 7.63. The fraction of sp³-hybridized carbons (Fsp3) is 0.103. The second kappa shape index (κ2) is 15.0. The molecule has 1 fully saturated rings. The molecule has 1 saturated carbocycles. The molecule has 2 heterocycles. The molecule has 0 saturated heterocycles. The maximum atomic E-state index is 6.31. The molecular weight excluding hydrogens is 759 g/mol. The third-order valence-corrected chi connectivity index (χ3v) is 14.2. The Balaban J connectivity index is 1.03. The maximum absolute atomic E-state index is 6.31. The molecule has 0 unspecified atom stereocenters. The van der Waals surface area contributed by atoms with Gasteiger partial charge in [-0.1, -0.05) is 153 Å². The van der Waals surface area contributed by atoms with E-state index in [2.05, 4.69) is 187 Å². The Labute approximate surface area is 360 Å². The molecule has 0 atom stereocenters. The molecule has 12 rings (SSSR count). The van der Waals surface area contributed by atoms with Crippen LogP contribution in [0.5, 0.6) is 0 Å². The average molecular weight is 802 g/mol. The molecule has 2 nitrogen and oxygen atoms in total. The SMILES string of the molecule is c1cc(-c2cccc3sc4ccccc4c23)cc(N(c2ccc(-c3ccc4c(c3)oc3ccccc34)cc2)c2ccccc2-c2cccc3cccc(C4CCCCC4)c23)c1. The van der Waals surface area contributed by atoms with Crippen molar-refractivity contribution in [3.05, 3.63) is 200 Å². The van der Waals surface area contributed by atoms with E-state index in [-0.39, 0.29) is 0 Å². The Morgan fingerprint density at radius 3 is 2.02 bits per heavy atom. The van der Waals surface area contributed by atoms with Crippen molar-refractivity contribution in [1.29, 1.82) is 0 Å². The first kappa shape index (κ1) is 36.0. The van der Waals surface area contributed by atoms with Gasteiger partial charge in [0.25, 0.3) is 0 Å². The summed E-state index contributed by atoms with van der Waals surface area (Å²) >= 11 is 1.87. The number of thiophene rings is 1. The van der Waals surface area contributed by atoms with Crippen molar-refractivity contribution in [1.82, 2.24) is 0 Å². The number of anilines is 3. The predicted octanol–water partition coefficient (Wildman–Crippen LogP) is 17.6. The fourth-order valence-corrected chi connectivity index (χ4v) is 11.3. The molecule has 61 heavy (non-hydrogen) atoms. The summed E-state index contributed by atoms with van der Waals surface area (Å²) in [6.45, 7) is 0. The highest BCUT2D eigenvalue weighted by Crippen LogP contribution is 2.47. The van der Waals surface area contributed by atoms with Gasteiger partial charge in [-0.3, -0.25) is 0 Å². The highest BCUT2D eigenvalue weighted by molar-refractivity contribution is 7.25. The standard InChI is InChI=1S/C58H43NOS/c1-2-14-39(15-3-1)45-23-11-16-40-17-12-25-50(57(40)45)47-20-4-7-26-52(47)59(43-33-30-38(31-34-43)41-32-35-49-48-21-5-8-27-53(48)60-54(49)37-41)44-19-10-18-42(36-44)46-24-13-29-56-58(46)51-22-6-9-28-55(51)61-56/h4-13,16-37,39H,1-3,14-15H2. The van der Waals surface area contributed by atoms with Gasteiger partial charge in [-0.15, -0.1) is 11.3 Å². The van der Waals surface area contributed by atoms with Crippen molar-refractivity contribution in [2.24, 2.45) is 0 Å². The Morgan fingerprint density at radius 2 is 1.11 bits per heavy atom. The quantitative estimate of drug-likeness (QED) is 0.160. The molecule has 11 aromatic rings. The van der Waals surface area contributed by atoms with Gasteiger partial charge in [0.1, 0.15) is 11.2 Å². The lowest BCUT2D eigenvalue weighted by molar-refractivity contribution is 0.445. The highest BCUT2D eigenvalue weighted by atomic mass is 32.1. The summed E-state index contributed by atoms with van der Waals surface area (Å²) in [4.78, 5) is 2.47. The smallest absolute Gasteiger partial charge is 0.136 e. The highest BCUT2D eigenvalue weighted by Gasteiger charge is 2.23. The normalized spacial score (nSPS) is 13.5. The van der Waals surface area contributed by atoms with Crippen LogP contribution in [0.15, 0.2) is 199 Å². The number of hydrogen-bond donors (Lipinski definition) is 0. The van der Waals surface area contributed by atoms with Crippen LogP contribution in [0, 0.1) is 0 Å². The summed E-state index contributed by atoms with van der Waals surface area (Å²) in [6.07, 6.45) is 6.48. The Morgan fingerprint density at radius 1 is 0.426 bits per heavy atom. The van der Waals surface area contributed by atoms with Gasteiger partial charge < -0.3 is 9.32 Å². The lowest BCUT2D eigenvalue weighted by Gasteiger charge is -2.29. The van der Waals surface area contributed by atoms with E-state index in [1.165, 1.54) is 90.9 Å². The molecule has 0 bridgehead atoms. The van der Waals surface area contributed by atoms with Crippen LogP contribution in [0.1, 0.15) is 43.6 Å². The lowest BCUT2D eigenvalue weighted by atomic mass is 9.80. The van der Waals surface area contributed by atoms with Crippen LogP contribution in [0.2, 0.25) is 0 Å². The molecule has 1 aliphatic carbocycles. The minimum atomic E-state index is 0.584. The Bertz CT molecular complexity index is 3410. The summed E-state index contributed by atoms with van der Waals surface area (Å²) in [5.41, 5.74) is 14.0. The van der Waals surface area contributed by atoms with Gasteiger partial charge in [0.2, 0.25) is 0 Å². The van der Waals surface area contributed by atoms with E-state index in [1.54, 1.807) is 0 Å². The van der Waals surface area contributed by atoms with Crippen LogP contribution in [-0.4, -0.2) is 0 Å². The summed E-state index contributed by atoms with van der Waals surface area (Å²) < 4.78 is 8.94. The van der Waals surface area contributed by atoms with E-state index in [1.807, 2.05) is 23.5 Å². The monoisotopic (exact) mass is 801 g/mol. The maximum Gasteiger partial charge on any atom is 0.136 e. The number of furan rings is 1. The number of rotatable bonds is 7. The summed E-state index contributed by atoms with van der Waals surface area (Å²) in [6, 6.07) is 71.6. The Hall–Kier alpha value is -6.94. The van der Waals surface area contributed by atoms with Gasteiger partial charge in [-0.25, -0.2) is 0 Å². The van der Waals surface area contributed by atoms with Crippen molar-refractivity contribution < 1.29 is 4.42 Å². The van der Waals surface area contributed by atoms with Crippen LogP contribution >= 0.6 is 11.3 Å². The molecule has 0 spiro atoms. The van der Waals surface area contributed by atoms with Gasteiger partial charge in [0.15, 0.2) is 0 Å². The third kappa shape index (κ3) is 6.23. The van der Waals surface area contributed by atoms with E-state index in [9.17, 15) is 0 Å². The third-order valence-electron chi connectivity index (χ3n) is 13.1. The second-order valence-corrected chi connectivity index (χ2v) is 17.7. The predicted molar refractivity (Wildman–Crippen MR) is 261 cm³/mol. The van der Waals surface area contributed by atoms with Gasteiger partial charge in [0, 0.05) is 47.9 Å². The fourth-order valence-electron chi connectivity index (χ4n) is 10.2. The van der Waals surface area contributed by atoms with Crippen molar-refractivity contribution in [3.63, 3.8) is 0 Å². The zero-order chi connectivity index (χ0) is 40.3. The second-order valence-electron chi connectivity index (χ2n) is 16.6. The van der Waals surface area contributed by atoms with Crippen LogP contribution < -0.4 is 4.90 Å². The molecular formula is C58H43NOS. The molecule has 0 amide bonds. The lowest BCUT2D eigenvalue weighted by Crippen LogP contribution is -2.11. The van der Waals surface area contributed by atoms with E-state index in [4.69, 9.17) is 4.42 Å². The first-order valence-electron chi connectivity index (χ1n) is 21.7. The van der Waals surface area contributed by atoms with Crippen LogP contribution in [0.3, 0.4) is 0 Å². The minimum Gasteiger partial charge on any atom is -0.456 e. The van der Waals surface area contributed by atoms with Gasteiger partial charge >= 0.3 is 0 Å². The number of nitrogens with zero attached hydrogens (tertiary/aromatic N) is 1. The molecule has 0 radical (unpaired) electrons. The number of para-hydroxylation sites is 2.